The van der Waals surface area contributed by atoms with Crippen molar-refractivity contribution in [3.63, 3.8) is 0 Å². The van der Waals surface area contributed by atoms with E-state index in [1.807, 2.05) is 22.9 Å². The largest absolute Gasteiger partial charge is 0.383 e. The number of carbonyl (C=O) groups excluding carboxylic acids is 1. The first-order valence-electron chi connectivity index (χ1n) is 6.87. The minimum absolute atomic E-state index is 0.0539. The predicted molar refractivity (Wildman–Crippen MR) is 76.1 cm³/mol. The Morgan fingerprint density at radius 2 is 2.37 bits per heavy atom. The zero-order chi connectivity index (χ0) is 14.1. The van der Waals surface area contributed by atoms with Crippen LogP contribution in [0.4, 0.5) is 0 Å². The molecule has 0 fully saturated rings. The van der Waals surface area contributed by atoms with Gasteiger partial charge in [0.25, 0.3) is 5.91 Å². The summed E-state index contributed by atoms with van der Waals surface area (Å²) in [6, 6.07) is 3.74. The fourth-order valence-corrected chi connectivity index (χ4v) is 1.96. The second-order valence-electron chi connectivity index (χ2n) is 4.63. The third-order valence-corrected chi connectivity index (χ3v) is 3.12. The summed E-state index contributed by atoms with van der Waals surface area (Å²) in [5, 5.41) is 3.00. The summed E-state index contributed by atoms with van der Waals surface area (Å²) in [6.45, 7) is 3.87. The van der Waals surface area contributed by atoms with Gasteiger partial charge in [-0.1, -0.05) is 19.8 Å². The molecule has 1 atom stereocenters. The van der Waals surface area contributed by atoms with E-state index in [0.29, 0.717) is 25.4 Å². The molecule has 1 aromatic heterocycles. The molecule has 0 spiro atoms. The summed E-state index contributed by atoms with van der Waals surface area (Å²) in [5.74, 6) is -0.0624. The van der Waals surface area contributed by atoms with Crippen LogP contribution in [0.15, 0.2) is 18.3 Å². The third kappa shape index (κ3) is 5.04. The summed E-state index contributed by atoms with van der Waals surface area (Å²) in [6.07, 6.45) is 5.00. The molecule has 0 aliphatic heterocycles. The van der Waals surface area contributed by atoms with Crippen LogP contribution < -0.4 is 11.1 Å². The van der Waals surface area contributed by atoms with Crippen molar-refractivity contribution in [3.05, 3.63) is 24.0 Å². The smallest absolute Gasteiger partial charge is 0.268 e. The van der Waals surface area contributed by atoms with Crippen LogP contribution in [0.5, 0.6) is 0 Å². The van der Waals surface area contributed by atoms with Crippen LogP contribution in [0.3, 0.4) is 0 Å². The molecule has 0 aliphatic rings. The molecule has 0 saturated heterocycles. The maximum atomic E-state index is 12.2. The van der Waals surface area contributed by atoms with Crippen LogP contribution in [0.25, 0.3) is 0 Å². The maximum Gasteiger partial charge on any atom is 0.268 e. The van der Waals surface area contributed by atoms with Gasteiger partial charge in [0, 0.05) is 32.4 Å². The van der Waals surface area contributed by atoms with Crippen molar-refractivity contribution in [2.24, 2.45) is 5.73 Å². The van der Waals surface area contributed by atoms with Crippen LogP contribution in [0.1, 0.15) is 36.7 Å². The molecule has 19 heavy (non-hydrogen) atoms. The topological polar surface area (TPSA) is 69.3 Å². The first-order valence-corrected chi connectivity index (χ1v) is 6.87. The predicted octanol–water partition coefficient (Wildman–Crippen LogP) is 1.38. The average molecular weight is 267 g/mol. The molecule has 108 valence electrons. The highest BCUT2D eigenvalue weighted by Crippen LogP contribution is 2.05. The summed E-state index contributed by atoms with van der Waals surface area (Å²) in [5.41, 5.74) is 6.35. The minimum Gasteiger partial charge on any atom is -0.383 e. The van der Waals surface area contributed by atoms with E-state index in [2.05, 4.69) is 12.2 Å². The number of unbranched alkanes of at least 4 members (excludes halogenated alkanes) is 1. The van der Waals surface area contributed by atoms with Crippen molar-refractivity contribution in [3.8, 4) is 0 Å². The Morgan fingerprint density at radius 1 is 1.58 bits per heavy atom. The minimum atomic E-state index is -0.0624. The van der Waals surface area contributed by atoms with Crippen LogP contribution in [0, 0.1) is 0 Å². The molecule has 0 saturated carbocycles. The van der Waals surface area contributed by atoms with Gasteiger partial charge in [0.1, 0.15) is 5.69 Å². The van der Waals surface area contributed by atoms with E-state index in [0.717, 1.165) is 19.3 Å². The van der Waals surface area contributed by atoms with Crippen molar-refractivity contribution in [2.75, 3.05) is 20.3 Å². The Balaban J connectivity index is 2.58. The molecule has 5 nitrogen and oxygen atoms in total. The van der Waals surface area contributed by atoms with Crippen LogP contribution in [-0.4, -0.2) is 36.8 Å². The molecule has 1 rings (SSSR count). The SMILES string of the molecule is CCCCC(CN)NC(=O)c1cccn1CCOC. The number of nitrogens with one attached hydrogen (secondary N) is 1. The number of ether oxygens (including phenoxy) is 1. The monoisotopic (exact) mass is 267 g/mol. The van der Waals surface area contributed by atoms with E-state index < -0.39 is 0 Å². The highest BCUT2D eigenvalue weighted by atomic mass is 16.5. The van der Waals surface area contributed by atoms with Gasteiger partial charge >= 0.3 is 0 Å². The van der Waals surface area contributed by atoms with Gasteiger partial charge < -0.3 is 20.4 Å². The lowest BCUT2D eigenvalue weighted by Gasteiger charge is -2.17. The van der Waals surface area contributed by atoms with E-state index in [4.69, 9.17) is 10.5 Å². The van der Waals surface area contributed by atoms with Gasteiger partial charge in [-0.15, -0.1) is 0 Å². The van der Waals surface area contributed by atoms with Gasteiger partial charge in [0.15, 0.2) is 0 Å². The van der Waals surface area contributed by atoms with Crippen molar-refractivity contribution < 1.29 is 9.53 Å². The first kappa shape index (κ1) is 15.7. The normalized spacial score (nSPS) is 12.4. The van der Waals surface area contributed by atoms with Crippen molar-refractivity contribution in [1.82, 2.24) is 9.88 Å². The Kier molecular flexibility index (Phi) is 7.22. The quantitative estimate of drug-likeness (QED) is 0.710. The first-order chi connectivity index (χ1) is 9.22. The van der Waals surface area contributed by atoms with Gasteiger partial charge in [0.2, 0.25) is 0 Å². The lowest BCUT2D eigenvalue weighted by molar-refractivity contribution is 0.0923. The molecular formula is C14H25N3O2. The molecule has 0 radical (unpaired) electrons. The second kappa shape index (κ2) is 8.72. The number of amides is 1. The Bertz CT molecular complexity index is 377. The van der Waals surface area contributed by atoms with Gasteiger partial charge in [-0.3, -0.25) is 4.79 Å². The fraction of sp³-hybridized carbons (Fsp3) is 0.643. The molecule has 1 unspecified atom stereocenters. The number of nitrogens with zero attached hydrogens (tertiary/aromatic N) is 1. The zero-order valence-corrected chi connectivity index (χ0v) is 11.9. The summed E-state index contributed by atoms with van der Waals surface area (Å²) < 4.78 is 6.93. The Morgan fingerprint density at radius 3 is 3.00 bits per heavy atom. The number of methoxy groups -OCH3 is 1. The lowest BCUT2D eigenvalue weighted by atomic mass is 10.1. The molecule has 3 N–H and O–H groups in total. The van der Waals surface area contributed by atoms with Crippen molar-refractivity contribution in [2.45, 2.75) is 38.8 Å². The second-order valence-corrected chi connectivity index (χ2v) is 4.63. The van der Waals surface area contributed by atoms with Crippen LogP contribution in [0.2, 0.25) is 0 Å². The average Bonchev–Trinajstić information content (AvgIpc) is 2.89. The number of hydrogen-bond acceptors (Lipinski definition) is 3. The maximum absolute atomic E-state index is 12.2. The number of nitrogens with two attached hydrogens (primary N) is 1. The van der Waals surface area contributed by atoms with E-state index in [1.54, 1.807) is 7.11 Å². The number of rotatable bonds is 9. The van der Waals surface area contributed by atoms with Gasteiger partial charge in [-0.25, -0.2) is 0 Å². The molecule has 1 heterocycles. The lowest BCUT2D eigenvalue weighted by Crippen LogP contribution is -2.40. The number of carbonyl (C=O) groups is 1. The molecule has 0 aromatic carbocycles. The standard InChI is InChI=1S/C14H25N3O2/c1-3-4-6-12(11-15)16-14(18)13-7-5-8-17(13)9-10-19-2/h5,7-8,12H,3-4,6,9-11,15H2,1-2H3,(H,16,18). The van der Waals surface area contributed by atoms with Crippen molar-refractivity contribution >= 4 is 5.91 Å². The fourth-order valence-electron chi connectivity index (χ4n) is 1.96. The highest BCUT2D eigenvalue weighted by Gasteiger charge is 2.14. The molecule has 1 aromatic rings. The summed E-state index contributed by atoms with van der Waals surface area (Å²) in [4.78, 5) is 12.2. The van der Waals surface area contributed by atoms with Gasteiger partial charge in [-0.2, -0.15) is 0 Å². The molecular weight excluding hydrogens is 242 g/mol. The van der Waals surface area contributed by atoms with E-state index >= 15 is 0 Å². The molecule has 0 aliphatic carbocycles. The number of hydrogen-bond donors (Lipinski definition) is 2. The van der Waals surface area contributed by atoms with E-state index in [9.17, 15) is 4.79 Å². The summed E-state index contributed by atoms with van der Waals surface area (Å²) in [7, 11) is 1.65. The summed E-state index contributed by atoms with van der Waals surface area (Å²) >= 11 is 0. The Labute approximate surface area is 115 Å². The third-order valence-electron chi connectivity index (χ3n) is 3.12. The highest BCUT2D eigenvalue weighted by molar-refractivity contribution is 5.92. The van der Waals surface area contributed by atoms with E-state index in [-0.39, 0.29) is 11.9 Å². The van der Waals surface area contributed by atoms with E-state index in [1.165, 1.54) is 0 Å². The molecule has 1 amide bonds. The molecule has 0 bridgehead atoms. The van der Waals surface area contributed by atoms with Gasteiger partial charge in [-0.05, 0) is 18.6 Å². The number of aromatic nitrogens is 1. The molecule has 5 heteroatoms. The zero-order valence-electron chi connectivity index (χ0n) is 11.9. The Hall–Kier alpha value is -1.33. The van der Waals surface area contributed by atoms with Crippen LogP contribution >= 0.6 is 0 Å². The van der Waals surface area contributed by atoms with Crippen LogP contribution in [-0.2, 0) is 11.3 Å². The van der Waals surface area contributed by atoms with Crippen molar-refractivity contribution in [1.29, 1.82) is 0 Å². The van der Waals surface area contributed by atoms with Gasteiger partial charge in [0.05, 0.1) is 6.61 Å².